The summed E-state index contributed by atoms with van der Waals surface area (Å²) in [5, 5.41) is 0. The maximum absolute atomic E-state index is 13.1. The third-order valence-corrected chi connectivity index (χ3v) is 5.15. The van der Waals surface area contributed by atoms with E-state index in [9.17, 15) is 4.79 Å². The average Bonchev–Trinajstić information content (AvgIpc) is 2.76. The lowest BCUT2D eigenvalue weighted by atomic mass is 9.80. The summed E-state index contributed by atoms with van der Waals surface area (Å²) in [4.78, 5) is 13.1. The first-order valence-corrected chi connectivity index (χ1v) is 9.42. The van der Waals surface area contributed by atoms with Crippen molar-refractivity contribution in [3.8, 4) is 5.75 Å². The van der Waals surface area contributed by atoms with E-state index in [4.69, 9.17) is 9.47 Å². The maximum atomic E-state index is 13.1. The SMILES string of the molecule is COc1ccccc1C[C@@H]1C(=O)OC(c2ccccc2)=C[C@@H]1c1ccccc1. The summed E-state index contributed by atoms with van der Waals surface area (Å²) in [6.07, 6.45) is 2.63. The van der Waals surface area contributed by atoms with Crippen molar-refractivity contribution in [1.82, 2.24) is 0 Å². The molecule has 0 amide bonds. The molecular weight excluding hydrogens is 348 g/mol. The van der Waals surface area contributed by atoms with Crippen LogP contribution in [0.5, 0.6) is 5.75 Å². The van der Waals surface area contributed by atoms with Crippen molar-refractivity contribution in [3.63, 3.8) is 0 Å². The van der Waals surface area contributed by atoms with Gasteiger partial charge in [0.15, 0.2) is 0 Å². The molecule has 28 heavy (non-hydrogen) atoms. The number of methoxy groups -OCH3 is 1. The fourth-order valence-corrected chi connectivity index (χ4v) is 3.72. The van der Waals surface area contributed by atoms with Crippen LogP contribution >= 0.6 is 0 Å². The predicted molar refractivity (Wildman–Crippen MR) is 110 cm³/mol. The Morgan fingerprint density at radius 1 is 0.857 bits per heavy atom. The van der Waals surface area contributed by atoms with E-state index in [0.29, 0.717) is 12.2 Å². The van der Waals surface area contributed by atoms with E-state index in [2.05, 4.69) is 18.2 Å². The van der Waals surface area contributed by atoms with Crippen LogP contribution in [0.25, 0.3) is 5.76 Å². The normalized spacial score (nSPS) is 18.9. The summed E-state index contributed by atoms with van der Waals surface area (Å²) in [7, 11) is 1.65. The lowest BCUT2D eigenvalue weighted by Gasteiger charge is -2.30. The highest BCUT2D eigenvalue weighted by Gasteiger charge is 2.35. The van der Waals surface area contributed by atoms with Gasteiger partial charge >= 0.3 is 5.97 Å². The highest BCUT2D eigenvalue weighted by atomic mass is 16.5. The zero-order chi connectivity index (χ0) is 19.3. The smallest absolute Gasteiger partial charge is 0.315 e. The summed E-state index contributed by atoms with van der Waals surface area (Å²) in [6, 6.07) is 27.7. The molecule has 140 valence electrons. The molecule has 0 radical (unpaired) electrons. The lowest BCUT2D eigenvalue weighted by Crippen LogP contribution is -2.29. The summed E-state index contributed by atoms with van der Waals surface area (Å²) in [5.41, 5.74) is 3.02. The molecular formula is C25H22O3. The quantitative estimate of drug-likeness (QED) is 0.577. The van der Waals surface area contributed by atoms with Gasteiger partial charge in [0.25, 0.3) is 0 Å². The molecule has 3 heteroatoms. The van der Waals surface area contributed by atoms with Crippen LogP contribution in [-0.4, -0.2) is 13.1 Å². The van der Waals surface area contributed by atoms with Crippen LogP contribution < -0.4 is 4.74 Å². The fraction of sp³-hybridized carbons (Fsp3) is 0.160. The van der Waals surface area contributed by atoms with E-state index < -0.39 is 0 Å². The second kappa shape index (κ2) is 8.13. The molecule has 3 nitrogen and oxygen atoms in total. The molecule has 0 N–H and O–H groups in total. The third-order valence-electron chi connectivity index (χ3n) is 5.15. The number of esters is 1. The lowest BCUT2D eigenvalue weighted by molar-refractivity contribution is -0.142. The second-order valence-electron chi connectivity index (χ2n) is 6.88. The van der Waals surface area contributed by atoms with Crippen molar-refractivity contribution in [3.05, 3.63) is 108 Å². The topological polar surface area (TPSA) is 35.5 Å². The van der Waals surface area contributed by atoms with Gasteiger partial charge in [0.05, 0.1) is 13.0 Å². The van der Waals surface area contributed by atoms with Crippen molar-refractivity contribution in [2.24, 2.45) is 5.92 Å². The van der Waals surface area contributed by atoms with Crippen molar-refractivity contribution in [2.45, 2.75) is 12.3 Å². The van der Waals surface area contributed by atoms with Gasteiger partial charge in [0.2, 0.25) is 0 Å². The molecule has 0 spiro atoms. The van der Waals surface area contributed by atoms with Crippen LogP contribution in [0, 0.1) is 5.92 Å². The van der Waals surface area contributed by atoms with Gasteiger partial charge in [-0.25, -0.2) is 0 Å². The minimum atomic E-state index is -0.314. The highest BCUT2D eigenvalue weighted by molar-refractivity contribution is 5.84. The number of ether oxygens (including phenoxy) is 2. The Morgan fingerprint density at radius 3 is 2.21 bits per heavy atom. The summed E-state index contributed by atoms with van der Waals surface area (Å²) in [6.45, 7) is 0. The Hall–Kier alpha value is -3.33. The Balaban J connectivity index is 1.74. The molecule has 1 aliphatic heterocycles. The number of hydrogen-bond donors (Lipinski definition) is 0. The minimum Gasteiger partial charge on any atom is -0.496 e. The van der Waals surface area contributed by atoms with Gasteiger partial charge in [-0.2, -0.15) is 0 Å². The summed E-state index contributed by atoms with van der Waals surface area (Å²) < 4.78 is 11.2. The highest BCUT2D eigenvalue weighted by Crippen LogP contribution is 2.39. The van der Waals surface area contributed by atoms with Crippen LogP contribution in [0.3, 0.4) is 0 Å². The molecule has 0 bridgehead atoms. The first kappa shape index (κ1) is 18.1. The van der Waals surface area contributed by atoms with E-state index in [0.717, 1.165) is 22.4 Å². The summed E-state index contributed by atoms with van der Waals surface area (Å²) >= 11 is 0. The van der Waals surface area contributed by atoms with Crippen LogP contribution in [0.2, 0.25) is 0 Å². The summed E-state index contributed by atoms with van der Waals surface area (Å²) in [5.74, 6) is 0.825. The van der Waals surface area contributed by atoms with Crippen molar-refractivity contribution < 1.29 is 14.3 Å². The minimum absolute atomic E-state index is 0.0671. The van der Waals surface area contributed by atoms with Crippen LogP contribution in [0.15, 0.2) is 91.0 Å². The molecule has 3 aromatic rings. The molecule has 1 aliphatic rings. The number of rotatable bonds is 5. The molecule has 2 atom stereocenters. The van der Waals surface area contributed by atoms with Gasteiger partial charge < -0.3 is 9.47 Å². The van der Waals surface area contributed by atoms with Gasteiger partial charge in [0, 0.05) is 11.5 Å². The number of cyclic esters (lactones) is 1. The number of carbonyl (C=O) groups excluding carboxylic acids is 1. The number of benzene rings is 3. The maximum Gasteiger partial charge on any atom is 0.315 e. The molecule has 0 saturated carbocycles. The number of allylic oxidation sites excluding steroid dienone is 1. The van der Waals surface area contributed by atoms with E-state index >= 15 is 0 Å². The van der Waals surface area contributed by atoms with E-state index in [1.807, 2.05) is 72.8 Å². The fourth-order valence-electron chi connectivity index (χ4n) is 3.72. The molecule has 0 unspecified atom stereocenters. The van der Waals surface area contributed by atoms with Crippen molar-refractivity contribution >= 4 is 11.7 Å². The van der Waals surface area contributed by atoms with Crippen molar-refractivity contribution in [1.29, 1.82) is 0 Å². The van der Waals surface area contributed by atoms with Crippen LogP contribution in [0.1, 0.15) is 22.6 Å². The Bertz CT molecular complexity index is 977. The molecule has 1 heterocycles. The molecule has 0 fully saturated rings. The van der Waals surface area contributed by atoms with Gasteiger partial charge in [-0.1, -0.05) is 78.9 Å². The largest absolute Gasteiger partial charge is 0.496 e. The second-order valence-corrected chi connectivity index (χ2v) is 6.88. The molecule has 0 aliphatic carbocycles. The van der Waals surface area contributed by atoms with Gasteiger partial charge in [0.1, 0.15) is 11.5 Å². The number of carbonyl (C=O) groups is 1. The first-order valence-electron chi connectivity index (χ1n) is 9.42. The Morgan fingerprint density at radius 2 is 1.50 bits per heavy atom. The van der Waals surface area contributed by atoms with E-state index in [-0.39, 0.29) is 17.8 Å². The predicted octanol–water partition coefficient (Wildman–Crippen LogP) is 5.24. The van der Waals surface area contributed by atoms with Gasteiger partial charge in [-0.15, -0.1) is 0 Å². The standard InChI is InChI=1S/C25H22O3/c1-27-23-15-9-8-14-20(23)16-22-21(18-10-4-2-5-11-18)17-24(28-25(22)26)19-12-6-3-7-13-19/h2-15,17,21-22H,16H2,1H3/t21-,22+/m1/s1. The Labute approximate surface area is 165 Å². The first-order chi connectivity index (χ1) is 13.8. The third kappa shape index (κ3) is 3.70. The van der Waals surface area contributed by atoms with E-state index in [1.165, 1.54) is 0 Å². The zero-order valence-electron chi connectivity index (χ0n) is 15.7. The molecule has 4 rings (SSSR count). The van der Waals surface area contributed by atoms with Crippen molar-refractivity contribution in [2.75, 3.05) is 7.11 Å². The van der Waals surface area contributed by atoms with Gasteiger partial charge in [-0.05, 0) is 29.7 Å². The average molecular weight is 370 g/mol. The molecule has 0 aromatic heterocycles. The van der Waals surface area contributed by atoms with Gasteiger partial charge in [-0.3, -0.25) is 4.79 Å². The molecule has 3 aromatic carbocycles. The number of para-hydroxylation sites is 1. The Kier molecular flexibility index (Phi) is 5.24. The van der Waals surface area contributed by atoms with Crippen LogP contribution in [-0.2, 0) is 16.0 Å². The molecule has 0 saturated heterocycles. The zero-order valence-corrected chi connectivity index (χ0v) is 15.7. The monoisotopic (exact) mass is 370 g/mol. The number of hydrogen-bond acceptors (Lipinski definition) is 3. The van der Waals surface area contributed by atoms with Crippen LogP contribution in [0.4, 0.5) is 0 Å². The van der Waals surface area contributed by atoms with E-state index in [1.54, 1.807) is 7.11 Å².